The molecule has 0 N–H and O–H groups in total. The van der Waals surface area contributed by atoms with Crippen LogP contribution < -0.4 is 4.90 Å². The molecule has 0 saturated carbocycles. The van der Waals surface area contributed by atoms with Crippen molar-refractivity contribution in [1.82, 2.24) is 19.9 Å². The summed E-state index contributed by atoms with van der Waals surface area (Å²) >= 11 is 0. The van der Waals surface area contributed by atoms with Gasteiger partial charge in [0.15, 0.2) is 5.82 Å². The quantitative estimate of drug-likeness (QED) is 0.758. The molecule has 2 aliphatic heterocycles. The minimum atomic E-state index is 0.162. The molecule has 4 heterocycles. The SMILES string of the molecule is CO[C@H]1CCN(CC(=O)C2CCN(c3ccc(-c4ncccn4)cn3)CC2)C1. The van der Waals surface area contributed by atoms with Gasteiger partial charge in [-0.15, -0.1) is 0 Å². The number of Topliss-reactive ketones (excluding diaryl/α,β-unsaturated/α-hetero) is 1. The largest absolute Gasteiger partial charge is 0.380 e. The summed E-state index contributed by atoms with van der Waals surface area (Å²) in [5.74, 6) is 2.17. The maximum atomic E-state index is 12.7. The monoisotopic (exact) mass is 381 g/mol. The minimum Gasteiger partial charge on any atom is -0.380 e. The highest BCUT2D eigenvalue weighted by Crippen LogP contribution is 2.24. The molecule has 4 rings (SSSR count). The van der Waals surface area contributed by atoms with Crippen LogP contribution in [0.1, 0.15) is 19.3 Å². The lowest BCUT2D eigenvalue weighted by atomic mass is 9.92. The van der Waals surface area contributed by atoms with Crippen molar-refractivity contribution in [2.75, 3.05) is 44.7 Å². The van der Waals surface area contributed by atoms with E-state index >= 15 is 0 Å². The van der Waals surface area contributed by atoms with Crippen LogP contribution in [0.15, 0.2) is 36.8 Å². The molecule has 0 unspecified atom stereocenters. The van der Waals surface area contributed by atoms with Gasteiger partial charge in [0.2, 0.25) is 0 Å². The fourth-order valence-corrected chi connectivity index (χ4v) is 4.07. The van der Waals surface area contributed by atoms with E-state index in [0.29, 0.717) is 18.2 Å². The number of hydrogen-bond donors (Lipinski definition) is 0. The van der Waals surface area contributed by atoms with Gasteiger partial charge in [0.05, 0.1) is 12.6 Å². The van der Waals surface area contributed by atoms with Gasteiger partial charge in [0.25, 0.3) is 0 Å². The van der Waals surface area contributed by atoms with E-state index in [2.05, 4.69) is 24.8 Å². The lowest BCUT2D eigenvalue weighted by Crippen LogP contribution is -2.40. The van der Waals surface area contributed by atoms with Crippen molar-refractivity contribution < 1.29 is 9.53 Å². The van der Waals surface area contributed by atoms with E-state index in [1.165, 1.54) is 0 Å². The molecule has 28 heavy (non-hydrogen) atoms. The Hall–Kier alpha value is -2.38. The Kier molecular flexibility index (Phi) is 5.92. The van der Waals surface area contributed by atoms with Gasteiger partial charge >= 0.3 is 0 Å². The highest BCUT2D eigenvalue weighted by molar-refractivity contribution is 5.83. The molecule has 0 bridgehead atoms. The zero-order chi connectivity index (χ0) is 19.3. The first-order valence-corrected chi connectivity index (χ1v) is 9.99. The molecule has 2 saturated heterocycles. The number of nitrogens with zero attached hydrogens (tertiary/aromatic N) is 5. The summed E-state index contributed by atoms with van der Waals surface area (Å²) in [5.41, 5.74) is 0.911. The van der Waals surface area contributed by atoms with Crippen molar-refractivity contribution in [3.8, 4) is 11.4 Å². The van der Waals surface area contributed by atoms with Crippen LogP contribution in [-0.2, 0) is 9.53 Å². The van der Waals surface area contributed by atoms with E-state index in [-0.39, 0.29) is 12.0 Å². The van der Waals surface area contributed by atoms with Crippen molar-refractivity contribution in [2.24, 2.45) is 5.92 Å². The number of piperidine rings is 1. The van der Waals surface area contributed by atoms with Crippen LogP contribution in [0, 0.1) is 5.92 Å². The molecule has 2 aliphatic rings. The minimum absolute atomic E-state index is 0.162. The van der Waals surface area contributed by atoms with Crippen molar-refractivity contribution in [1.29, 1.82) is 0 Å². The van der Waals surface area contributed by atoms with E-state index in [4.69, 9.17) is 4.74 Å². The zero-order valence-corrected chi connectivity index (χ0v) is 16.3. The molecule has 2 fully saturated rings. The van der Waals surface area contributed by atoms with Crippen LogP contribution in [0.3, 0.4) is 0 Å². The third-order valence-corrected chi connectivity index (χ3v) is 5.79. The third kappa shape index (κ3) is 4.36. The molecular formula is C21H27N5O2. The number of likely N-dealkylation sites (tertiary alicyclic amines) is 1. The molecule has 1 atom stereocenters. The van der Waals surface area contributed by atoms with Gasteiger partial charge in [-0.1, -0.05) is 0 Å². The van der Waals surface area contributed by atoms with E-state index in [1.54, 1.807) is 25.6 Å². The van der Waals surface area contributed by atoms with E-state index in [0.717, 1.165) is 56.8 Å². The molecule has 0 radical (unpaired) electrons. The highest BCUT2D eigenvalue weighted by atomic mass is 16.5. The Morgan fingerprint density at radius 2 is 1.89 bits per heavy atom. The predicted molar refractivity (Wildman–Crippen MR) is 107 cm³/mol. The van der Waals surface area contributed by atoms with Crippen LogP contribution in [-0.4, -0.2) is 71.6 Å². The van der Waals surface area contributed by atoms with E-state index in [1.807, 2.05) is 18.3 Å². The molecule has 0 aromatic carbocycles. The van der Waals surface area contributed by atoms with Crippen molar-refractivity contribution in [3.05, 3.63) is 36.8 Å². The maximum Gasteiger partial charge on any atom is 0.160 e. The van der Waals surface area contributed by atoms with Gasteiger partial charge in [0.1, 0.15) is 11.6 Å². The van der Waals surface area contributed by atoms with Crippen LogP contribution in [0.25, 0.3) is 11.4 Å². The molecule has 0 spiro atoms. The van der Waals surface area contributed by atoms with Gasteiger partial charge in [-0.3, -0.25) is 9.69 Å². The number of pyridine rings is 1. The number of ether oxygens (including phenoxy) is 1. The fourth-order valence-electron chi connectivity index (χ4n) is 4.07. The number of aromatic nitrogens is 3. The highest BCUT2D eigenvalue weighted by Gasteiger charge is 2.29. The lowest BCUT2D eigenvalue weighted by molar-refractivity contribution is -0.124. The number of carbonyl (C=O) groups is 1. The van der Waals surface area contributed by atoms with Crippen LogP contribution in [0.4, 0.5) is 5.82 Å². The summed E-state index contributed by atoms with van der Waals surface area (Å²) in [4.78, 5) is 30.3. The van der Waals surface area contributed by atoms with Crippen LogP contribution >= 0.6 is 0 Å². The summed E-state index contributed by atoms with van der Waals surface area (Å²) in [5, 5.41) is 0. The number of hydrogen-bond acceptors (Lipinski definition) is 7. The molecule has 0 amide bonds. The molecule has 2 aromatic heterocycles. The lowest BCUT2D eigenvalue weighted by Gasteiger charge is -2.32. The van der Waals surface area contributed by atoms with Crippen molar-refractivity contribution in [3.63, 3.8) is 0 Å². The van der Waals surface area contributed by atoms with E-state index in [9.17, 15) is 4.79 Å². The number of carbonyl (C=O) groups excluding carboxylic acids is 1. The third-order valence-electron chi connectivity index (χ3n) is 5.79. The first kappa shape index (κ1) is 19.0. The summed E-state index contributed by atoms with van der Waals surface area (Å²) < 4.78 is 5.39. The second kappa shape index (κ2) is 8.75. The Balaban J connectivity index is 1.28. The van der Waals surface area contributed by atoms with Crippen molar-refractivity contribution in [2.45, 2.75) is 25.4 Å². The van der Waals surface area contributed by atoms with Gasteiger partial charge < -0.3 is 9.64 Å². The molecule has 7 heteroatoms. The Morgan fingerprint density at radius 1 is 1.11 bits per heavy atom. The standard InChI is InChI=1S/C21H27N5O2/c1-28-18-7-10-25(14-18)15-19(27)16-5-11-26(12-6-16)20-4-3-17(13-24-20)21-22-8-2-9-23-21/h2-4,8-9,13,16,18H,5-7,10-12,14-15H2,1H3/t18-/m0/s1. The van der Waals surface area contributed by atoms with Gasteiger partial charge in [0, 0.05) is 63.4 Å². The second-order valence-electron chi connectivity index (χ2n) is 7.59. The Morgan fingerprint density at radius 3 is 2.54 bits per heavy atom. The Bertz CT molecular complexity index is 775. The van der Waals surface area contributed by atoms with Gasteiger partial charge in [-0.05, 0) is 37.5 Å². The topological polar surface area (TPSA) is 71.5 Å². The molecule has 148 valence electrons. The van der Waals surface area contributed by atoms with Gasteiger partial charge in [-0.2, -0.15) is 0 Å². The average Bonchev–Trinajstić information content (AvgIpc) is 3.22. The van der Waals surface area contributed by atoms with E-state index < -0.39 is 0 Å². The first-order chi connectivity index (χ1) is 13.7. The number of ketones is 1. The number of rotatable bonds is 6. The summed E-state index contributed by atoms with van der Waals surface area (Å²) in [7, 11) is 1.75. The number of methoxy groups -OCH3 is 1. The summed E-state index contributed by atoms with van der Waals surface area (Å²) in [6.45, 7) is 4.14. The van der Waals surface area contributed by atoms with Crippen LogP contribution in [0.2, 0.25) is 0 Å². The molecule has 0 aliphatic carbocycles. The second-order valence-corrected chi connectivity index (χ2v) is 7.59. The maximum absolute atomic E-state index is 12.7. The summed E-state index contributed by atoms with van der Waals surface area (Å²) in [6, 6.07) is 5.83. The Labute approximate surface area is 165 Å². The molecule has 2 aromatic rings. The van der Waals surface area contributed by atoms with Gasteiger partial charge in [-0.25, -0.2) is 15.0 Å². The average molecular weight is 381 g/mol. The van der Waals surface area contributed by atoms with Crippen molar-refractivity contribution >= 4 is 11.6 Å². The smallest absolute Gasteiger partial charge is 0.160 e. The van der Waals surface area contributed by atoms with Crippen LogP contribution in [0.5, 0.6) is 0 Å². The fraction of sp³-hybridized carbons (Fsp3) is 0.524. The normalized spacial score (nSPS) is 21.2. The predicted octanol–water partition coefficient (Wildman–Crippen LogP) is 2.04. The molecule has 7 nitrogen and oxygen atoms in total. The zero-order valence-electron chi connectivity index (χ0n) is 16.3. The molecular weight excluding hydrogens is 354 g/mol. The summed E-state index contributed by atoms with van der Waals surface area (Å²) in [6.07, 6.45) is 8.38. The first-order valence-electron chi connectivity index (χ1n) is 9.99. The number of anilines is 1.